The molecule has 0 aliphatic rings. The summed E-state index contributed by atoms with van der Waals surface area (Å²) in [6, 6.07) is 3.99. The van der Waals surface area contributed by atoms with Crippen LogP contribution in [0.25, 0.3) is 0 Å². The fraction of sp³-hybridized carbons (Fsp3) is 0.462. The summed E-state index contributed by atoms with van der Waals surface area (Å²) in [6.07, 6.45) is 0.910. The summed E-state index contributed by atoms with van der Waals surface area (Å²) < 4.78 is 27.1. The minimum Gasteiger partial charge on any atom is -0.481 e. The largest absolute Gasteiger partial charge is 0.481 e. The molecule has 1 unspecified atom stereocenters. The first-order chi connectivity index (χ1) is 9.27. The van der Waals surface area contributed by atoms with Crippen LogP contribution in [-0.4, -0.2) is 25.5 Å². The molecule has 2 N–H and O–H groups in total. The maximum atomic E-state index is 12.3. The van der Waals surface area contributed by atoms with E-state index in [2.05, 4.69) is 4.72 Å². The molecule has 0 amide bonds. The lowest BCUT2D eigenvalue weighted by atomic mass is 10.1. The van der Waals surface area contributed by atoms with E-state index in [0.29, 0.717) is 23.4 Å². The van der Waals surface area contributed by atoms with Crippen molar-refractivity contribution >= 4 is 27.6 Å². The van der Waals surface area contributed by atoms with E-state index in [1.165, 1.54) is 6.07 Å². The van der Waals surface area contributed by atoms with Crippen molar-refractivity contribution in [3.8, 4) is 0 Å². The monoisotopic (exact) mass is 319 g/mol. The Bertz CT molecular complexity index is 586. The average molecular weight is 320 g/mol. The second-order valence-electron chi connectivity index (χ2n) is 4.57. The fourth-order valence-electron chi connectivity index (χ4n) is 1.92. The first kappa shape index (κ1) is 16.9. The number of nitrogens with one attached hydrogen (secondary N) is 1. The van der Waals surface area contributed by atoms with Gasteiger partial charge in [-0.15, -0.1) is 0 Å². The van der Waals surface area contributed by atoms with E-state index in [1.807, 2.05) is 6.92 Å². The first-order valence-corrected chi connectivity index (χ1v) is 8.13. The number of sulfonamides is 1. The van der Waals surface area contributed by atoms with E-state index >= 15 is 0 Å². The number of carbonyl (C=O) groups is 1. The van der Waals surface area contributed by atoms with Gasteiger partial charge in [-0.05, 0) is 31.0 Å². The third-order valence-corrected chi connectivity index (χ3v) is 4.96. The number of halogens is 1. The predicted molar refractivity (Wildman–Crippen MR) is 77.5 cm³/mol. The summed E-state index contributed by atoms with van der Waals surface area (Å²) in [6.45, 7) is 3.48. The summed E-state index contributed by atoms with van der Waals surface area (Å²) >= 11 is 5.92. The van der Waals surface area contributed by atoms with Gasteiger partial charge in [0.05, 0.1) is 11.3 Å². The molecule has 0 bridgehead atoms. The molecule has 0 spiro atoms. The van der Waals surface area contributed by atoms with E-state index in [4.69, 9.17) is 16.7 Å². The van der Waals surface area contributed by atoms with Crippen LogP contribution in [0.5, 0.6) is 0 Å². The molecule has 7 heteroatoms. The maximum Gasteiger partial charge on any atom is 0.304 e. The van der Waals surface area contributed by atoms with Crippen LogP contribution in [0.4, 0.5) is 0 Å². The van der Waals surface area contributed by atoms with Gasteiger partial charge in [-0.1, -0.05) is 31.0 Å². The van der Waals surface area contributed by atoms with Crippen LogP contribution in [0, 0.1) is 6.92 Å². The van der Waals surface area contributed by atoms with Crippen molar-refractivity contribution in [2.24, 2.45) is 0 Å². The molecular formula is C13H18ClNO4S. The number of hydrogen-bond acceptors (Lipinski definition) is 3. The van der Waals surface area contributed by atoms with Crippen LogP contribution in [0.1, 0.15) is 31.7 Å². The van der Waals surface area contributed by atoms with Crippen LogP contribution >= 0.6 is 11.6 Å². The Kier molecular flexibility index (Phi) is 5.98. The van der Waals surface area contributed by atoms with Crippen LogP contribution in [0.15, 0.2) is 23.1 Å². The smallest absolute Gasteiger partial charge is 0.304 e. The molecule has 1 rings (SSSR count). The van der Waals surface area contributed by atoms with Crippen molar-refractivity contribution in [1.29, 1.82) is 0 Å². The number of benzene rings is 1. The van der Waals surface area contributed by atoms with Gasteiger partial charge < -0.3 is 5.11 Å². The highest BCUT2D eigenvalue weighted by atomic mass is 35.5. The van der Waals surface area contributed by atoms with Crippen molar-refractivity contribution < 1.29 is 18.3 Å². The maximum absolute atomic E-state index is 12.3. The number of aliphatic carboxylic acids is 1. The highest BCUT2D eigenvalue weighted by molar-refractivity contribution is 7.89. The van der Waals surface area contributed by atoms with E-state index in [0.717, 1.165) is 0 Å². The van der Waals surface area contributed by atoms with Crippen LogP contribution in [-0.2, 0) is 14.8 Å². The summed E-state index contributed by atoms with van der Waals surface area (Å²) in [5, 5.41) is 9.18. The van der Waals surface area contributed by atoms with E-state index in [9.17, 15) is 13.2 Å². The summed E-state index contributed by atoms with van der Waals surface area (Å²) in [7, 11) is -3.78. The van der Waals surface area contributed by atoms with Gasteiger partial charge in [-0.3, -0.25) is 4.79 Å². The van der Waals surface area contributed by atoms with Gasteiger partial charge in [0.2, 0.25) is 10.0 Å². The molecule has 0 heterocycles. The molecule has 1 aromatic carbocycles. The molecule has 0 aromatic heterocycles. The Balaban J connectivity index is 3.03. The van der Waals surface area contributed by atoms with E-state index < -0.39 is 22.0 Å². The molecular weight excluding hydrogens is 302 g/mol. The zero-order valence-electron chi connectivity index (χ0n) is 11.4. The van der Waals surface area contributed by atoms with Crippen molar-refractivity contribution in [3.63, 3.8) is 0 Å². The SMILES string of the molecule is CCCC(CC(=O)O)NS(=O)(=O)c1cccc(Cl)c1C. The van der Waals surface area contributed by atoms with E-state index in [1.54, 1.807) is 19.1 Å². The highest BCUT2D eigenvalue weighted by Gasteiger charge is 2.23. The summed E-state index contributed by atoms with van der Waals surface area (Å²) in [5.41, 5.74) is 0.451. The molecule has 1 aromatic rings. The summed E-state index contributed by atoms with van der Waals surface area (Å²) in [5.74, 6) is -1.03. The lowest BCUT2D eigenvalue weighted by Gasteiger charge is -2.17. The molecule has 0 aliphatic heterocycles. The van der Waals surface area contributed by atoms with Gasteiger partial charge in [0.1, 0.15) is 0 Å². The average Bonchev–Trinajstić information content (AvgIpc) is 2.31. The molecule has 5 nitrogen and oxygen atoms in total. The second kappa shape index (κ2) is 7.06. The van der Waals surface area contributed by atoms with Gasteiger partial charge in [-0.25, -0.2) is 13.1 Å². The van der Waals surface area contributed by atoms with Gasteiger partial charge in [0.15, 0.2) is 0 Å². The normalized spacial score (nSPS) is 13.2. The summed E-state index contributed by atoms with van der Waals surface area (Å²) in [4.78, 5) is 10.9. The van der Waals surface area contributed by atoms with Crippen molar-refractivity contribution in [3.05, 3.63) is 28.8 Å². The van der Waals surface area contributed by atoms with Gasteiger partial charge in [0.25, 0.3) is 0 Å². The van der Waals surface area contributed by atoms with Crippen LogP contribution in [0.2, 0.25) is 5.02 Å². The molecule has 0 aliphatic carbocycles. The van der Waals surface area contributed by atoms with Gasteiger partial charge in [0, 0.05) is 11.1 Å². The Morgan fingerprint density at radius 1 is 1.45 bits per heavy atom. The minimum absolute atomic E-state index is 0.0801. The van der Waals surface area contributed by atoms with Crippen LogP contribution < -0.4 is 4.72 Å². The number of carboxylic acid groups (broad SMARTS) is 1. The molecule has 0 saturated carbocycles. The number of hydrogen-bond donors (Lipinski definition) is 2. The highest BCUT2D eigenvalue weighted by Crippen LogP contribution is 2.23. The van der Waals surface area contributed by atoms with Gasteiger partial charge >= 0.3 is 5.97 Å². The zero-order valence-corrected chi connectivity index (χ0v) is 13.0. The third kappa shape index (κ3) is 4.47. The van der Waals surface area contributed by atoms with Crippen molar-refractivity contribution in [2.75, 3.05) is 0 Å². The molecule has 0 fully saturated rings. The van der Waals surface area contributed by atoms with Gasteiger partial charge in [-0.2, -0.15) is 0 Å². The Labute approximate surface area is 124 Å². The lowest BCUT2D eigenvalue weighted by Crippen LogP contribution is -2.36. The Hall–Kier alpha value is -1.11. The van der Waals surface area contributed by atoms with E-state index in [-0.39, 0.29) is 11.3 Å². The minimum atomic E-state index is -3.78. The lowest BCUT2D eigenvalue weighted by molar-refractivity contribution is -0.137. The number of rotatable bonds is 7. The molecule has 112 valence electrons. The topological polar surface area (TPSA) is 83.5 Å². The molecule has 1 atom stereocenters. The molecule has 20 heavy (non-hydrogen) atoms. The fourth-order valence-corrected chi connectivity index (χ4v) is 3.69. The predicted octanol–water partition coefficient (Wildman–Crippen LogP) is 2.57. The third-order valence-electron chi connectivity index (χ3n) is 2.89. The molecule has 0 saturated heterocycles. The molecule has 0 radical (unpaired) electrons. The van der Waals surface area contributed by atoms with Crippen LogP contribution in [0.3, 0.4) is 0 Å². The number of carboxylic acids is 1. The first-order valence-electron chi connectivity index (χ1n) is 6.27. The Morgan fingerprint density at radius 3 is 2.65 bits per heavy atom. The quantitative estimate of drug-likeness (QED) is 0.809. The standard InChI is InChI=1S/C13H18ClNO4S/c1-3-5-10(8-13(16)17)15-20(18,19)12-7-4-6-11(14)9(12)2/h4,6-7,10,15H,3,5,8H2,1-2H3,(H,16,17). The zero-order chi connectivity index (χ0) is 15.3. The van der Waals surface area contributed by atoms with Crippen molar-refractivity contribution in [2.45, 2.75) is 44.0 Å². The second-order valence-corrected chi connectivity index (χ2v) is 6.66. The van der Waals surface area contributed by atoms with Crippen molar-refractivity contribution in [1.82, 2.24) is 4.72 Å². The Morgan fingerprint density at radius 2 is 2.10 bits per heavy atom.